The average molecular weight is 386 g/mol. The first-order chi connectivity index (χ1) is 13.2. The number of amides is 1. The summed E-state index contributed by atoms with van der Waals surface area (Å²) >= 11 is 5.92. The first kappa shape index (κ1) is 17.3. The molecule has 0 radical (unpaired) electrons. The van der Waals surface area contributed by atoms with Crippen LogP contribution in [0, 0.1) is 0 Å². The summed E-state index contributed by atoms with van der Waals surface area (Å²) < 4.78 is 22.1. The average Bonchev–Trinajstić information content (AvgIpc) is 3.16. The smallest absolute Gasteiger partial charge is 0.291 e. The summed E-state index contributed by atoms with van der Waals surface area (Å²) in [7, 11) is 0. The van der Waals surface area contributed by atoms with Crippen molar-refractivity contribution in [3.8, 4) is 17.2 Å². The van der Waals surface area contributed by atoms with Crippen LogP contribution in [-0.2, 0) is 6.61 Å². The molecule has 7 heteroatoms. The number of ether oxygens (including phenoxy) is 3. The molecule has 0 saturated heterocycles. The number of carbonyl (C=O) groups excluding carboxylic acids is 1. The largest absolute Gasteiger partial charge is 0.486 e. The number of furan rings is 1. The molecule has 3 aromatic rings. The van der Waals surface area contributed by atoms with Crippen molar-refractivity contribution in [2.75, 3.05) is 18.5 Å². The molecule has 27 heavy (non-hydrogen) atoms. The lowest BCUT2D eigenvalue weighted by Crippen LogP contribution is -2.16. The summed E-state index contributed by atoms with van der Waals surface area (Å²) in [5, 5.41) is 3.37. The second-order valence-electron chi connectivity index (χ2n) is 5.82. The number of hydrogen-bond donors (Lipinski definition) is 1. The topological polar surface area (TPSA) is 69.9 Å². The summed E-state index contributed by atoms with van der Waals surface area (Å²) in [6.07, 6.45) is 0. The Hall–Kier alpha value is -3.12. The Bertz CT molecular complexity index is 969. The summed E-state index contributed by atoms with van der Waals surface area (Å²) in [4.78, 5) is 12.4. The van der Waals surface area contributed by atoms with Crippen LogP contribution in [0.3, 0.4) is 0 Å². The number of hydrogen-bond acceptors (Lipinski definition) is 5. The predicted octanol–water partition coefficient (Wildman–Crippen LogP) is 4.54. The van der Waals surface area contributed by atoms with E-state index in [4.69, 9.17) is 30.2 Å². The highest BCUT2D eigenvalue weighted by Crippen LogP contribution is 2.32. The number of nitrogens with one attached hydrogen (secondary N) is 1. The number of carbonyl (C=O) groups is 1. The highest BCUT2D eigenvalue weighted by molar-refractivity contribution is 6.30. The molecule has 2 aromatic carbocycles. The van der Waals surface area contributed by atoms with Crippen LogP contribution in [0.15, 0.2) is 59.0 Å². The van der Waals surface area contributed by atoms with Crippen molar-refractivity contribution in [1.29, 1.82) is 0 Å². The summed E-state index contributed by atoms with van der Waals surface area (Å²) in [5.74, 6) is 2.26. The minimum Gasteiger partial charge on any atom is -0.486 e. The lowest BCUT2D eigenvalue weighted by atomic mass is 10.2. The number of halogens is 1. The monoisotopic (exact) mass is 385 g/mol. The molecule has 0 aliphatic carbocycles. The molecule has 1 N–H and O–H groups in total. The molecule has 1 aliphatic heterocycles. The number of fused-ring (bicyclic) bond motifs is 1. The molecule has 0 bridgehead atoms. The lowest BCUT2D eigenvalue weighted by molar-refractivity contribution is 0.0992. The maximum atomic E-state index is 12.4. The quantitative estimate of drug-likeness (QED) is 0.698. The van der Waals surface area contributed by atoms with Crippen molar-refractivity contribution in [3.05, 3.63) is 71.1 Å². The third-order valence-electron chi connectivity index (χ3n) is 3.86. The van der Waals surface area contributed by atoms with Crippen LogP contribution >= 0.6 is 11.6 Å². The van der Waals surface area contributed by atoms with E-state index in [1.165, 1.54) is 0 Å². The number of rotatable bonds is 5. The Morgan fingerprint density at radius 1 is 1.04 bits per heavy atom. The van der Waals surface area contributed by atoms with E-state index >= 15 is 0 Å². The Morgan fingerprint density at radius 2 is 1.89 bits per heavy atom. The molecule has 1 amide bonds. The lowest BCUT2D eigenvalue weighted by Gasteiger charge is -2.18. The molecule has 0 unspecified atom stereocenters. The van der Waals surface area contributed by atoms with Crippen molar-refractivity contribution in [2.24, 2.45) is 0 Å². The third kappa shape index (κ3) is 4.17. The minimum absolute atomic E-state index is 0.189. The van der Waals surface area contributed by atoms with Crippen LogP contribution < -0.4 is 19.5 Å². The van der Waals surface area contributed by atoms with E-state index < -0.39 is 0 Å². The molecule has 0 atom stereocenters. The zero-order chi connectivity index (χ0) is 18.6. The molecule has 1 aromatic heterocycles. The van der Waals surface area contributed by atoms with Crippen molar-refractivity contribution in [2.45, 2.75) is 6.61 Å². The Kier molecular flexibility index (Phi) is 4.89. The zero-order valence-electron chi connectivity index (χ0n) is 14.2. The highest BCUT2D eigenvalue weighted by Gasteiger charge is 2.15. The fourth-order valence-electron chi connectivity index (χ4n) is 2.60. The van der Waals surface area contributed by atoms with Gasteiger partial charge in [0.2, 0.25) is 0 Å². The molecule has 0 fully saturated rings. The van der Waals surface area contributed by atoms with Gasteiger partial charge in [-0.2, -0.15) is 0 Å². The molecule has 1 aliphatic rings. The van der Waals surface area contributed by atoms with Crippen molar-refractivity contribution in [3.63, 3.8) is 0 Å². The van der Waals surface area contributed by atoms with Gasteiger partial charge < -0.3 is 23.9 Å². The van der Waals surface area contributed by atoms with Crippen molar-refractivity contribution >= 4 is 23.2 Å². The Morgan fingerprint density at radius 3 is 2.74 bits per heavy atom. The molecule has 0 spiro atoms. The molecule has 0 saturated carbocycles. The van der Waals surface area contributed by atoms with Crippen LogP contribution in [0.2, 0.25) is 5.02 Å². The Labute approximate surface area is 160 Å². The van der Waals surface area contributed by atoms with E-state index in [9.17, 15) is 4.79 Å². The molecule has 138 valence electrons. The van der Waals surface area contributed by atoms with Gasteiger partial charge in [-0.3, -0.25) is 4.79 Å². The zero-order valence-corrected chi connectivity index (χ0v) is 15.0. The van der Waals surface area contributed by atoms with Gasteiger partial charge in [0.25, 0.3) is 5.91 Å². The summed E-state index contributed by atoms with van der Waals surface area (Å²) in [6.45, 7) is 1.20. The molecule has 2 heterocycles. The van der Waals surface area contributed by atoms with E-state index in [1.807, 2.05) is 0 Å². The van der Waals surface area contributed by atoms with Crippen molar-refractivity contribution in [1.82, 2.24) is 0 Å². The first-order valence-corrected chi connectivity index (χ1v) is 8.73. The van der Waals surface area contributed by atoms with Gasteiger partial charge in [-0.25, -0.2) is 0 Å². The van der Waals surface area contributed by atoms with E-state index in [0.717, 1.165) is 0 Å². The van der Waals surface area contributed by atoms with Gasteiger partial charge in [0.05, 0.1) is 0 Å². The van der Waals surface area contributed by atoms with E-state index in [0.29, 0.717) is 46.9 Å². The maximum absolute atomic E-state index is 12.4. The predicted molar refractivity (Wildman–Crippen MR) is 99.9 cm³/mol. The van der Waals surface area contributed by atoms with Crippen molar-refractivity contribution < 1.29 is 23.4 Å². The van der Waals surface area contributed by atoms with E-state index in [1.54, 1.807) is 54.6 Å². The number of benzene rings is 2. The molecule has 6 nitrogen and oxygen atoms in total. The second kappa shape index (κ2) is 7.63. The maximum Gasteiger partial charge on any atom is 0.291 e. The van der Waals surface area contributed by atoms with Gasteiger partial charge in [-0.15, -0.1) is 0 Å². The van der Waals surface area contributed by atoms with Gasteiger partial charge in [0, 0.05) is 16.8 Å². The van der Waals surface area contributed by atoms with Crippen LogP contribution in [0.4, 0.5) is 5.69 Å². The molecule has 4 rings (SSSR count). The first-order valence-electron chi connectivity index (χ1n) is 8.35. The minimum atomic E-state index is -0.360. The summed E-state index contributed by atoms with van der Waals surface area (Å²) in [5.41, 5.74) is 0.595. The molecular weight excluding hydrogens is 370 g/mol. The van der Waals surface area contributed by atoms with E-state index in [-0.39, 0.29) is 18.3 Å². The Balaban J connectivity index is 1.38. The SMILES string of the molecule is O=C(Nc1ccc2c(c1)OCCO2)c1ccc(COc2cccc(Cl)c2)o1. The van der Waals surface area contributed by atoms with Gasteiger partial charge >= 0.3 is 0 Å². The highest BCUT2D eigenvalue weighted by atomic mass is 35.5. The third-order valence-corrected chi connectivity index (χ3v) is 4.10. The van der Waals surface area contributed by atoms with Crippen LogP contribution in [0.1, 0.15) is 16.3 Å². The molecular formula is C20H16ClNO5. The fourth-order valence-corrected chi connectivity index (χ4v) is 2.78. The van der Waals surface area contributed by atoms with Crippen LogP contribution in [-0.4, -0.2) is 19.1 Å². The van der Waals surface area contributed by atoms with Gasteiger partial charge in [-0.1, -0.05) is 17.7 Å². The summed E-state index contributed by atoms with van der Waals surface area (Å²) in [6, 6.07) is 15.6. The fraction of sp³-hybridized carbons (Fsp3) is 0.150. The van der Waals surface area contributed by atoms with Crippen LogP contribution in [0.5, 0.6) is 17.2 Å². The van der Waals surface area contributed by atoms with Gasteiger partial charge in [0.15, 0.2) is 17.3 Å². The normalized spacial score (nSPS) is 12.5. The van der Waals surface area contributed by atoms with Gasteiger partial charge in [0.1, 0.15) is 31.3 Å². The van der Waals surface area contributed by atoms with Crippen LogP contribution in [0.25, 0.3) is 0 Å². The standard InChI is InChI=1S/C20H16ClNO5/c21-13-2-1-3-15(10-13)26-12-16-5-7-18(27-16)20(23)22-14-4-6-17-19(11-14)25-9-8-24-17/h1-7,10-11H,8-9,12H2,(H,22,23). The number of anilines is 1. The van der Waals surface area contributed by atoms with E-state index in [2.05, 4.69) is 5.32 Å². The van der Waals surface area contributed by atoms with Gasteiger partial charge in [-0.05, 0) is 42.5 Å². The second-order valence-corrected chi connectivity index (χ2v) is 6.26.